The van der Waals surface area contributed by atoms with Crippen molar-refractivity contribution in [3.63, 3.8) is 0 Å². The van der Waals surface area contributed by atoms with Crippen molar-refractivity contribution in [2.24, 2.45) is 0 Å². The van der Waals surface area contributed by atoms with Crippen molar-refractivity contribution in [3.8, 4) is 11.1 Å². The van der Waals surface area contributed by atoms with Gasteiger partial charge in [-0.05, 0) is 23.8 Å². The van der Waals surface area contributed by atoms with Gasteiger partial charge in [0.2, 0.25) is 0 Å². The van der Waals surface area contributed by atoms with E-state index in [4.69, 9.17) is 5.73 Å². The number of halogens is 3. The minimum absolute atomic E-state index is 0.0909. The second kappa shape index (κ2) is 6.64. The van der Waals surface area contributed by atoms with Gasteiger partial charge < -0.3 is 16.2 Å². The average molecular weight is 365 g/mol. The Morgan fingerprint density at radius 1 is 1.27 bits per heavy atom. The number of aliphatic hydroxyl groups excluding tert-OH is 1. The number of amides is 1. The number of benzene rings is 1. The van der Waals surface area contributed by atoms with E-state index in [1.165, 1.54) is 23.0 Å². The number of nitrogens with one attached hydrogen (secondary N) is 1. The van der Waals surface area contributed by atoms with Crippen molar-refractivity contribution in [1.82, 2.24) is 19.9 Å². The van der Waals surface area contributed by atoms with Gasteiger partial charge in [0.05, 0.1) is 12.3 Å². The Kier molecular flexibility index (Phi) is 4.51. The molecule has 0 radical (unpaired) electrons. The Morgan fingerprint density at radius 2 is 1.96 bits per heavy atom. The van der Waals surface area contributed by atoms with Crippen molar-refractivity contribution in [3.05, 3.63) is 47.9 Å². The lowest BCUT2D eigenvalue weighted by Crippen LogP contribution is -2.33. The molecule has 2 aromatic heterocycles. The largest absolute Gasteiger partial charge is 0.405 e. The molecule has 10 heteroatoms. The Labute approximate surface area is 145 Å². The number of alkyl halides is 3. The molecule has 0 spiro atoms. The Bertz CT molecular complexity index is 951. The van der Waals surface area contributed by atoms with Crippen molar-refractivity contribution in [1.29, 1.82) is 0 Å². The van der Waals surface area contributed by atoms with E-state index in [2.05, 4.69) is 10.1 Å². The number of anilines is 1. The summed E-state index contributed by atoms with van der Waals surface area (Å²) in [6.45, 7) is -1.67. The molecule has 0 aliphatic heterocycles. The fourth-order valence-electron chi connectivity index (χ4n) is 2.55. The van der Waals surface area contributed by atoms with E-state index < -0.39 is 18.6 Å². The number of hydrogen-bond donors (Lipinski definition) is 3. The lowest BCUT2D eigenvalue weighted by Gasteiger charge is -2.09. The van der Waals surface area contributed by atoms with E-state index in [1.54, 1.807) is 18.2 Å². The third-order valence-corrected chi connectivity index (χ3v) is 3.73. The standard InChI is InChI=1S/C16H14F3N5O2/c17-16(18,19)7-21-15(26)10-3-1-9(2-4-10)12-5-11(6-25)24-13(12)14(20)22-8-23-24/h1-5,8,25H,6-7H2,(H,21,26)(H2,20,22,23). The highest BCUT2D eigenvalue weighted by Crippen LogP contribution is 2.30. The van der Waals surface area contributed by atoms with Gasteiger partial charge in [0.1, 0.15) is 18.4 Å². The van der Waals surface area contributed by atoms with Crippen LogP contribution in [0.1, 0.15) is 16.1 Å². The molecular weight excluding hydrogens is 351 g/mol. The fourth-order valence-corrected chi connectivity index (χ4v) is 2.55. The van der Waals surface area contributed by atoms with Gasteiger partial charge in [0.15, 0.2) is 5.82 Å². The number of aliphatic hydroxyl groups is 1. The lowest BCUT2D eigenvalue weighted by molar-refractivity contribution is -0.123. The molecule has 0 saturated carbocycles. The van der Waals surface area contributed by atoms with Crippen LogP contribution in [0.15, 0.2) is 36.7 Å². The number of nitrogen functional groups attached to an aromatic ring is 1. The maximum atomic E-state index is 12.2. The Balaban J connectivity index is 1.92. The van der Waals surface area contributed by atoms with Gasteiger partial charge in [-0.15, -0.1) is 0 Å². The van der Waals surface area contributed by atoms with Crippen LogP contribution in [0.2, 0.25) is 0 Å². The molecule has 0 saturated heterocycles. The van der Waals surface area contributed by atoms with E-state index in [9.17, 15) is 23.1 Å². The lowest BCUT2D eigenvalue weighted by atomic mass is 10.0. The van der Waals surface area contributed by atoms with Crippen LogP contribution in [0.3, 0.4) is 0 Å². The maximum absolute atomic E-state index is 12.2. The third kappa shape index (κ3) is 3.45. The smallest absolute Gasteiger partial charge is 0.390 e. The summed E-state index contributed by atoms with van der Waals surface area (Å²) in [7, 11) is 0. The highest BCUT2D eigenvalue weighted by atomic mass is 19.4. The quantitative estimate of drug-likeness (QED) is 0.653. The van der Waals surface area contributed by atoms with Crippen LogP contribution in [-0.2, 0) is 6.61 Å². The van der Waals surface area contributed by atoms with Crippen LogP contribution in [0, 0.1) is 0 Å². The number of carbonyl (C=O) groups excluding carboxylic acids is 1. The van der Waals surface area contributed by atoms with Gasteiger partial charge >= 0.3 is 6.18 Å². The number of fused-ring (bicyclic) bond motifs is 1. The number of nitrogens with two attached hydrogens (primary N) is 1. The van der Waals surface area contributed by atoms with E-state index >= 15 is 0 Å². The van der Waals surface area contributed by atoms with Gasteiger partial charge in [-0.3, -0.25) is 4.79 Å². The molecule has 2 heterocycles. The summed E-state index contributed by atoms with van der Waals surface area (Å²) in [6, 6.07) is 7.64. The zero-order chi connectivity index (χ0) is 18.9. The molecule has 1 aromatic carbocycles. The van der Waals surface area contributed by atoms with Crippen LogP contribution in [0.5, 0.6) is 0 Å². The average Bonchev–Trinajstić information content (AvgIpc) is 2.99. The topological polar surface area (TPSA) is 106 Å². The first-order valence-electron chi connectivity index (χ1n) is 7.47. The number of nitrogens with zero attached hydrogens (tertiary/aromatic N) is 3. The van der Waals surface area contributed by atoms with Crippen LogP contribution in [-0.4, -0.2) is 38.3 Å². The number of hydrogen-bond acceptors (Lipinski definition) is 5. The summed E-state index contributed by atoms with van der Waals surface area (Å²) in [4.78, 5) is 15.7. The number of aromatic nitrogens is 3. The third-order valence-electron chi connectivity index (χ3n) is 3.73. The second-order valence-electron chi connectivity index (χ2n) is 5.49. The number of rotatable bonds is 4. The molecule has 136 valence electrons. The minimum atomic E-state index is -4.47. The van der Waals surface area contributed by atoms with Crippen molar-refractivity contribution < 1.29 is 23.1 Å². The van der Waals surface area contributed by atoms with Crippen molar-refractivity contribution in [2.45, 2.75) is 12.8 Å². The summed E-state index contributed by atoms with van der Waals surface area (Å²) < 4.78 is 38.0. The fraction of sp³-hybridized carbons (Fsp3) is 0.188. The SMILES string of the molecule is Nc1ncnn2c(CO)cc(-c3ccc(C(=O)NCC(F)(F)F)cc3)c12. The van der Waals surface area contributed by atoms with Gasteiger partial charge in [-0.25, -0.2) is 9.50 Å². The molecule has 0 fully saturated rings. The summed E-state index contributed by atoms with van der Waals surface area (Å²) in [5.74, 6) is -0.615. The van der Waals surface area contributed by atoms with Gasteiger partial charge in [-0.1, -0.05) is 12.1 Å². The van der Waals surface area contributed by atoms with Crippen LogP contribution in [0.4, 0.5) is 19.0 Å². The normalized spacial score (nSPS) is 11.7. The Morgan fingerprint density at radius 3 is 2.58 bits per heavy atom. The first-order valence-corrected chi connectivity index (χ1v) is 7.47. The zero-order valence-electron chi connectivity index (χ0n) is 13.3. The summed E-state index contributed by atoms with van der Waals surface area (Å²) >= 11 is 0. The predicted octanol–water partition coefficient (Wildman–Crippen LogP) is 1.76. The molecule has 3 rings (SSSR count). The van der Waals surface area contributed by atoms with Crippen LogP contribution >= 0.6 is 0 Å². The molecule has 4 N–H and O–H groups in total. The summed E-state index contributed by atoms with van der Waals surface area (Å²) in [6.07, 6.45) is -3.21. The molecule has 0 bridgehead atoms. The van der Waals surface area contributed by atoms with E-state index in [0.29, 0.717) is 22.3 Å². The van der Waals surface area contributed by atoms with E-state index in [-0.39, 0.29) is 18.0 Å². The molecule has 7 nitrogen and oxygen atoms in total. The minimum Gasteiger partial charge on any atom is -0.390 e. The molecule has 26 heavy (non-hydrogen) atoms. The van der Waals surface area contributed by atoms with Crippen LogP contribution < -0.4 is 11.1 Å². The van der Waals surface area contributed by atoms with Gasteiger partial charge in [0.25, 0.3) is 5.91 Å². The van der Waals surface area contributed by atoms with Gasteiger partial charge in [-0.2, -0.15) is 18.3 Å². The monoisotopic (exact) mass is 365 g/mol. The van der Waals surface area contributed by atoms with Crippen LogP contribution in [0.25, 0.3) is 16.6 Å². The number of carbonyl (C=O) groups is 1. The molecule has 0 aliphatic carbocycles. The van der Waals surface area contributed by atoms with Crippen molar-refractivity contribution >= 4 is 17.2 Å². The Hall–Kier alpha value is -3.14. The maximum Gasteiger partial charge on any atom is 0.405 e. The van der Waals surface area contributed by atoms with E-state index in [0.717, 1.165) is 0 Å². The van der Waals surface area contributed by atoms with Gasteiger partial charge in [0, 0.05) is 11.1 Å². The van der Waals surface area contributed by atoms with E-state index in [1.807, 2.05) is 5.32 Å². The highest BCUT2D eigenvalue weighted by Gasteiger charge is 2.27. The zero-order valence-corrected chi connectivity index (χ0v) is 13.3. The molecule has 3 aromatic rings. The second-order valence-corrected chi connectivity index (χ2v) is 5.49. The molecule has 0 aliphatic rings. The first-order chi connectivity index (χ1) is 12.3. The molecular formula is C16H14F3N5O2. The predicted molar refractivity (Wildman–Crippen MR) is 87.1 cm³/mol. The summed E-state index contributed by atoms with van der Waals surface area (Å²) in [5, 5.41) is 15.3. The highest BCUT2D eigenvalue weighted by molar-refractivity contribution is 5.95. The molecule has 1 amide bonds. The first kappa shape index (κ1) is 17.7. The molecule has 0 atom stereocenters. The van der Waals surface area contributed by atoms with Crippen molar-refractivity contribution in [2.75, 3.05) is 12.3 Å². The molecule has 0 unspecified atom stereocenters. The summed E-state index contributed by atoms with van der Waals surface area (Å²) in [5.41, 5.74) is 8.26.